The number of benzene rings is 2. The quantitative estimate of drug-likeness (QED) is 0.288. The van der Waals surface area contributed by atoms with Gasteiger partial charge in [0.1, 0.15) is 23.0 Å². The molecule has 26 heavy (non-hydrogen) atoms. The first kappa shape index (κ1) is 20.0. The first-order chi connectivity index (χ1) is 11.9. The van der Waals surface area contributed by atoms with Gasteiger partial charge in [-0.05, 0) is 23.6 Å². The molecule has 2 rings (SSSR count). The highest BCUT2D eigenvalue weighted by Gasteiger charge is 2.37. The lowest BCUT2D eigenvalue weighted by molar-refractivity contribution is -0.178. The number of hydrogen-bond acceptors (Lipinski definition) is 7. The molecular weight excluding hydrogens is 367 g/mol. The Morgan fingerprint density at radius 3 is 2.31 bits per heavy atom. The van der Waals surface area contributed by atoms with Crippen LogP contribution in [0, 0.1) is 0 Å². The topological polar surface area (TPSA) is 168 Å². The summed E-state index contributed by atoms with van der Waals surface area (Å²) in [5.41, 5.74) is -0.140. The highest BCUT2D eigenvalue weighted by atomic mass is 31.2. The van der Waals surface area contributed by atoms with Crippen molar-refractivity contribution in [1.82, 2.24) is 0 Å². The lowest BCUT2D eigenvalue weighted by Crippen LogP contribution is -2.28. The van der Waals surface area contributed by atoms with Crippen LogP contribution in [0.1, 0.15) is 30.4 Å². The predicted molar refractivity (Wildman–Crippen MR) is 89.7 cm³/mol. The SMILES string of the molecule is CC(CC(O)(O)c1c(O)cc(O)cc1OP(=O)(O)O)c1cccc(O)c1. The molecule has 0 aliphatic carbocycles. The molecule has 0 bridgehead atoms. The van der Waals surface area contributed by atoms with Gasteiger partial charge in [0.15, 0.2) is 5.79 Å². The standard InChI is InChI=1S/C16H19O9P/c1-9(10-3-2-4-11(17)5-10)8-16(20,21)15-13(19)6-12(18)7-14(15)25-26(22,23)24/h2-7,9,17-21H,8H2,1H3,(H2,22,23,24). The van der Waals surface area contributed by atoms with Gasteiger partial charge in [-0.1, -0.05) is 19.1 Å². The molecular formula is C16H19O9P. The van der Waals surface area contributed by atoms with Crippen molar-refractivity contribution in [2.75, 3.05) is 0 Å². The van der Waals surface area contributed by atoms with E-state index in [2.05, 4.69) is 4.52 Å². The number of phosphoric ester groups is 1. The van der Waals surface area contributed by atoms with Crippen LogP contribution in [0.15, 0.2) is 36.4 Å². The van der Waals surface area contributed by atoms with Gasteiger partial charge in [0.05, 0.1) is 5.56 Å². The zero-order valence-corrected chi connectivity index (χ0v) is 14.5. The van der Waals surface area contributed by atoms with Crippen LogP contribution in [-0.2, 0) is 10.4 Å². The molecule has 0 amide bonds. The van der Waals surface area contributed by atoms with Crippen molar-refractivity contribution >= 4 is 7.82 Å². The van der Waals surface area contributed by atoms with Crippen molar-refractivity contribution in [3.8, 4) is 23.0 Å². The monoisotopic (exact) mass is 386 g/mol. The number of hydrogen-bond donors (Lipinski definition) is 7. The summed E-state index contributed by atoms with van der Waals surface area (Å²) in [6.45, 7) is 1.62. The molecule has 2 aromatic carbocycles. The molecule has 0 radical (unpaired) electrons. The number of phosphoric acid groups is 1. The summed E-state index contributed by atoms with van der Waals surface area (Å²) in [4.78, 5) is 17.9. The Bertz CT molecular complexity index is 844. The van der Waals surface area contributed by atoms with E-state index >= 15 is 0 Å². The Morgan fingerprint density at radius 1 is 1.08 bits per heavy atom. The van der Waals surface area contributed by atoms with Crippen LogP contribution in [-0.4, -0.2) is 35.3 Å². The first-order valence-electron chi connectivity index (χ1n) is 7.44. The van der Waals surface area contributed by atoms with Crippen LogP contribution in [0.4, 0.5) is 0 Å². The Hall–Kier alpha value is -2.29. The van der Waals surface area contributed by atoms with Gasteiger partial charge >= 0.3 is 7.82 Å². The molecule has 0 aliphatic heterocycles. The van der Waals surface area contributed by atoms with E-state index in [1.165, 1.54) is 12.1 Å². The molecule has 0 aliphatic rings. The van der Waals surface area contributed by atoms with Gasteiger partial charge in [-0.25, -0.2) is 4.57 Å². The summed E-state index contributed by atoms with van der Waals surface area (Å²) in [7, 11) is -5.10. The Kier molecular flexibility index (Phi) is 5.50. The lowest BCUT2D eigenvalue weighted by atomic mass is 9.89. The van der Waals surface area contributed by atoms with Gasteiger partial charge in [-0.15, -0.1) is 0 Å². The molecule has 0 saturated heterocycles. The number of phenols is 3. The Labute approximate surface area is 148 Å². The predicted octanol–water partition coefficient (Wildman–Crippen LogP) is 1.61. The minimum Gasteiger partial charge on any atom is -0.508 e. The third-order valence-electron chi connectivity index (χ3n) is 3.71. The fraction of sp³-hybridized carbons (Fsp3) is 0.250. The van der Waals surface area contributed by atoms with Gasteiger partial charge in [0.25, 0.3) is 0 Å². The zero-order valence-electron chi connectivity index (χ0n) is 13.6. The largest absolute Gasteiger partial charge is 0.524 e. The van der Waals surface area contributed by atoms with E-state index in [9.17, 15) is 30.1 Å². The normalized spacial score (nSPS) is 13.4. The van der Waals surface area contributed by atoms with Gasteiger partial charge in [0, 0.05) is 18.6 Å². The number of aliphatic hydroxyl groups is 2. The van der Waals surface area contributed by atoms with Gasteiger partial charge < -0.3 is 30.1 Å². The number of aromatic hydroxyl groups is 3. The third-order valence-corrected chi connectivity index (χ3v) is 4.15. The number of phenolic OH excluding ortho intramolecular Hbond substituents is 3. The van der Waals surface area contributed by atoms with E-state index in [0.717, 1.165) is 12.1 Å². The minimum atomic E-state index is -5.10. The van der Waals surface area contributed by atoms with E-state index in [0.29, 0.717) is 5.56 Å². The Balaban J connectivity index is 2.43. The minimum absolute atomic E-state index is 0.0196. The molecule has 0 spiro atoms. The molecule has 1 atom stereocenters. The van der Waals surface area contributed by atoms with E-state index in [-0.39, 0.29) is 5.75 Å². The summed E-state index contributed by atoms with van der Waals surface area (Å²) in [5, 5.41) is 49.9. The van der Waals surface area contributed by atoms with Crippen molar-refractivity contribution in [3.63, 3.8) is 0 Å². The summed E-state index contributed by atoms with van der Waals surface area (Å²) in [6.07, 6.45) is -0.410. The Morgan fingerprint density at radius 2 is 1.73 bits per heavy atom. The molecule has 10 heteroatoms. The highest BCUT2D eigenvalue weighted by molar-refractivity contribution is 7.46. The summed E-state index contributed by atoms with van der Waals surface area (Å²) < 4.78 is 15.5. The van der Waals surface area contributed by atoms with Crippen LogP contribution >= 0.6 is 7.82 Å². The second-order valence-corrected chi connectivity index (χ2v) is 7.10. The van der Waals surface area contributed by atoms with Gasteiger partial charge in [-0.3, -0.25) is 9.79 Å². The van der Waals surface area contributed by atoms with Crippen LogP contribution in [0.3, 0.4) is 0 Å². The fourth-order valence-electron chi connectivity index (χ4n) is 2.67. The van der Waals surface area contributed by atoms with E-state index in [4.69, 9.17) is 9.79 Å². The van der Waals surface area contributed by atoms with Gasteiger partial charge in [-0.2, -0.15) is 0 Å². The van der Waals surface area contributed by atoms with Crippen molar-refractivity contribution in [2.45, 2.75) is 25.0 Å². The van der Waals surface area contributed by atoms with Crippen LogP contribution in [0.2, 0.25) is 0 Å². The maximum atomic E-state index is 11.1. The smallest absolute Gasteiger partial charge is 0.508 e. The second-order valence-electron chi connectivity index (χ2n) is 5.94. The second kappa shape index (κ2) is 7.14. The summed E-state index contributed by atoms with van der Waals surface area (Å²) >= 11 is 0. The summed E-state index contributed by atoms with van der Waals surface area (Å²) in [6, 6.07) is 7.60. The number of rotatable bonds is 6. The average Bonchev–Trinajstić information content (AvgIpc) is 2.43. The van der Waals surface area contributed by atoms with Crippen LogP contribution in [0.5, 0.6) is 23.0 Å². The van der Waals surface area contributed by atoms with E-state index in [1.54, 1.807) is 19.1 Å². The van der Waals surface area contributed by atoms with Crippen LogP contribution in [0.25, 0.3) is 0 Å². The van der Waals surface area contributed by atoms with E-state index in [1.807, 2.05) is 0 Å². The van der Waals surface area contributed by atoms with Crippen molar-refractivity contribution in [1.29, 1.82) is 0 Å². The maximum absolute atomic E-state index is 11.1. The fourth-order valence-corrected chi connectivity index (χ4v) is 3.07. The zero-order chi connectivity index (χ0) is 19.7. The molecule has 142 valence electrons. The molecule has 7 N–H and O–H groups in total. The van der Waals surface area contributed by atoms with Crippen molar-refractivity contribution in [2.24, 2.45) is 0 Å². The average molecular weight is 386 g/mol. The molecule has 1 unspecified atom stereocenters. The lowest BCUT2D eigenvalue weighted by Gasteiger charge is -2.28. The third kappa shape index (κ3) is 4.87. The highest BCUT2D eigenvalue weighted by Crippen LogP contribution is 2.48. The molecule has 0 aromatic heterocycles. The molecule has 0 heterocycles. The maximum Gasteiger partial charge on any atom is 0.524 e. The van der Waals surface area contributed by atoms with Crippen LogP contribution < -0.4 is 4.52 Å². The van der Waals surface area contributed by atoms with Crippen molar-refractivity contribution < 1.29 is 44.4 Å². The summed E-state index contributed by atoms with van der Waals surface area (Å²) in [5.74, 6) is -5.49. The molecule has 0 saturated carbocycles. The van der Waals surface area contributed by atoms with E-state index < -0.39 is 48.8 Å². The molecule has 9 nitrogen and oxygen atoms in total. The molecule has 2 aromatic rings. The molecule has 0 fully saturated rings. The van der Waals surface area contributed by atoms with Gasteiger partial charge in [0.2, 0.25) is 0 Å². The van der Waals surface area contributed by atoms with Crippen molar-refractivity contribution in [3.05, 3.63) is 47.5 Å². The first-order valence-corrected chi connectivity index (χ1v) is 8.97.